The van der Waals surface area contributed by atoms with E-state index in [2.05, 4.69) is 38.3 Å². The van der Waals surface area contributed by atoms with Gasteiger partial charge in [-0.1, -0.05) is 26.7 Å². The van der Waals surface area contributed by atoms with Gasteiger partial charge in [0.1, 0.15) is 0 Å². The van der Waals surface area contributed by atoms with Crippen molar-refractivity contribution in [3.05, 3.63) is 0 Å². The molecule has 0 aromatic heterocycles. The molecule has 0 spiro atoms. The van der Waals surface area contributed by atoms with Crippen LogP contribution in [0.15, 0.2) is 0 Å². The molecule has 0 saturated heterocycles. The molecule has 0 bridgehead atoms. The molecule has 0 heterocycles. The lowest BCUT2D eigenvalue weighted by atomic mass is 10.3. The fraction of sp³-hybridized carbons (Fsp3) is 1.00. The first-order chi connectivity index (χ1) is 7.20. The lowest BCUT2D eigenvalue weighted by Gasteiger charge is -2.19. The predicted molar refractivity (Wildman–Crippen MR) is 72.3 cm³/mol. The van der Waals surface area contributed by atoms with E-state index in [0.29, 0.717) is 10.7 Å². The molecule has 0 amide bonds. The Balaban J connectivity index is 3.35. The van der Waals surface area contributed by atoms with Crippen LogP contribution < -0.4 is 10.6 Å². The molecule has 3 heteroatoms. The standard InChI is InChI=1S/C12H28N2S/c1-5-7-9-13-11(3)15-12(4)14-10-8-6-2/h11-14H,5-10H2,1-4H3. The molecule has 0 fully saturated rings. The van der Waals surface area contributed by atoms with Crippen LogP contribution >= 0.6 is 11.8 Å². The minimum atomic E-state index is 0.556. The first-order valence-electron chi connectivity index (χ1n) is 6.32. The third kappa shape index (κ3) is 10.6. The van der Waals surface area contributed by atoms with Crippen LogP contribution in [0.5, 0.6) is 0 Å². The minimum Gasteiger partial charge on any atom is -0.306 e. The quantitative estimate of drug-likeness (QED) is 0.447. The molecule has 0 aromatic rings. The summed E-state index contributed by atoms with van der Waals surface area (Å²) in [5, 5.41) is 8.17. The van der Waals surface area contributed by atoms with E-state index in [0.717, 1.165) is 13.1 Å². The Bertz CT molecular complexity index is 117. The van der Waals surface area contributed by atoms with Crippen LogP contribution in [-0.4, -0.2) is 23.8 Å². The van der Waals surface area contributed by atoms with Gasteiger partial charge in [0.25, 0.3) is 0 Å². The van der Waals surface area contributed by atoms with Crippen LogP contribution in [0.1, 0.15) is 53.4 Å². The van der Waals surface area contributed by atoms with E-state index >= 15 is 0 Å². The summed E-state index contributed by atoms with van der Waals surface area (Å²) in [4.78, 5) is 0. The molecule has 0 radical (unpaired) electrons. The van der Waals surface area contributed by atoms with Gasteiger partial charge in [-0.15, -0.1) is 11.8 Å². The largest absolute Gasteiger partial charge is 0.306 e. The molecule has 0 aliphatic rings. The fourth-order valence-corrected chi connectivity index (χ4v) is 2.41. The Morgan fingerprint density at radius 1 is 0.867 bits per heavy atom. The van der Waals surface area contributed by atoms with Crippen molar-refractivity contribution in [1.82, 2.24) is 10.6 Å². The second-order valence-electron chi connectivity index (χ2n) is 4.04. The van der Waals surface area contributed by atoms with Crippen molar-refractivity contribution in [3.63, 3.8) is 0 Å². The number of thioether (sulfide) groups is 1. The third-order valence-electron chi connectivity index (χ3n) is 2.33. The molecule has 2 atom stereocenters. The molecule has 2 nitrogen and oxygen atoms in total. The molecule has 2 unspecified atom stereocenters. The molecular weight excluding hydrogens is 204 g/mol. The summed E-state index contributed by atoms with van der Waals surface area (Å²) in [6, 6.07) is 0. The monoisotopic (exact) mass is 232 g/mol. The summed E-state index contributed by atoms with van der Waals surface area (Å²) in [7, 11) is 0. The predicted octanol–water partition coefficient (Wildman–Crippen LogP) is 3.19. The van der Waals surface area contributed by atoms with Crippen molar-refractivity contribution < 1.29 is 0 Å². The van der Waals surface area contributed by atoms with E-state index < -0.39 is 0 Å². The van der Waals surface area contributed by atoms with Crippen molar-refractivity contribution >= 4 is 11.8 Å². The van der Waals surface area contributed by atoms with Gasteiger partial charge in [-0.25, -0.2) is 0 Å². The van der Waals surface area contributed by atoms with Gasteiger partial charge in [-0.05, 0) is 39.8 Å². The van der Waals surface area contributed by atoms with Crippen molar-refractivity contribution in [2.75, 3.05) is 13.1 Å². The van der Waals surface area contributed by atoms with Crippen molar-refractivity contribution in [3.8, 4) is 0 Å². The van der Waals surface area contributed by atoms with Crippen LogP contribution in [-0.2, 0) is 0 Å². The Kier molecular flexibility index (Phi) is 11.0. The summed E-state index contributed by atoms with van der Waals surface area (Å²) >= 11 is 1.98. The van der Waals surface area contributed by atoms with Crippen molar-refractivity contribution in [2.45, 2.75) is 64.1 Å². The third-order valence-corrected chi connectivity index (χ3v) is 3.48. The second kappa shape index (κ2) is 10.8. The Morgan fingerprint density at radius 2 is 1.27 bits per heavy atom. The maximum absolute atomic E-state index is 3.53. The Hall–Kier alpha value is 0.270. The highest BCUT2D eigenvalue weighted by atomic mass is 32.2. The summed E-state index contributed by atoms with van der Waals surface area (Å²) in [5.41, 5.74) is 0. The van der Waals surface area contributed by atoms with E-state index in [9.17, 15) is 0 Å². The number of unbranched alkanes of at least 4 members (excludes halogenated alkanes) is 2. The molecule has 0 aromatic carbocycles. The molecule has 2 N–H and O–H groups in total. The maximum atomic E-state index is 3.53. The highest BCUT2D eigenvalue weighted by Crippen LogP contribution is 2.13. The van der Waals surface area contributed by atoms with E-state index in [1.54, 1.807) is 0 Å². The lowest BCUT2D eigenvalue weighted by molar-refractivity contribution is 0.616. The average Bonchev–Trinajstić information content (AvgIpc) is 2.18. The Labute approximate surface area is 100.0 Å². The van der Waals surface area contributed by atoms with E-state index in [1.807, 2.05) is 11.8 Å². The molecule has 0 aliphatic heterocycles. The molecule has 0 aliphatic carbocycles. The molecule has 92 valence electrons. The van der Waals surface area contributed by atoms with Crippen LogP contribution in [0.4, 0.5) is 0 Å². The first-order valence-corrected chi connectivity index (χ1v) is 7.27. The van der Waals surface area contributed by atoms with Gasteiger partial charge < -0.3 is 10.6 Å². The zero-order valence-corrected chi connectivity index (χ0v) is 11.6. The zero-order chi connectivity index (χ0) is 11.5. The number of rotatable bonds is 10. The summed E-state index contributed by atoms with van der Waals surface area (Å²) in [6.07, 6.45) is 5.11. The second-order valence-corrected chi connectivity index (χ2v) is 5.72. The van der Waals surface area contributed by atoms with Gasteiger partial charge >= 0.3 is 0 Å². The Morgan fingerprint density at radius 3 is 1.60 bits per heavy atom. The summed E-state index contributed by atoms with van der Waals surface area (Å²) in [6.45, 7) is 11.2. The molecule has 0 saturated carbocycles. The van der Waals surface area contributed by atoms with Crippen molar-refractivity contribution in [1.29, 1.82) is 0 Å². The number of nitrogens with one attached hydrogen (secondary N) is 2. The smallest absolute Gasteiger partial charge is 0.0519 e. The maximum Gasteiger partial charge on any atom is 0.0519 e. The minimum absolute atomic E-state index is 0.556. The van der Waals surface area contributed by atoms with Gasteiger partial charge in [0, 0.05) is 0 Å². The van der Waals surface area contributed by atoms with Crippen LogP contribution in [0, 0.1) is 0 Å². The molecule has 15 heavy (non-hydrogen) atoms. The lowest BCUT2D eigenvalue weighted by Crippen LogP contribution is -2.31. The van der Waals surface area contributed by atoms with Crippen molar-refractivity contribution in [2.24, 2.45) is 0 Å². The van der Waals surface area contributed by atoms with E-state index in [1.165, 1.54) is 25.7 Å². The van der Waals surface area contributed by atoms with Gasteiger partial charge in [0.2, 0.25) is 0 Å². The highest BCUT2D eigenvalue weighted by Gasteiger charge is 2.06. The highest BCUT2D eigenvalue weighted by molar-refractivity contribution is 8.00. The van der Waals surface area contributed by atoms with Gasteiger partial charge in [0.05, 0.1) is 10.7 Å². The van der Waals surface area contributed by atoms with Gasteiger partial charge in [0.15, 0.2) is 0 Å². The average molecular weight is 232 g/mol. The van der Waals surface area contributed by atoms with Crippen LogP contribution in [0.3, 0.4) is 0 Å². The van der Waals surface area contributed by atoms with Gasteiger partial charge in [-0.3, -0.25) is 0 Å². The zero-order valence-electron chi connectivity index (χ0n) is 10.8. The van der Waals surface area contributed by atoms with Gasteiger partial charge in [-0.2, -0.15) is 0 Å². The summed E-state index contributed by atoms with van der Waals surface area (Å²) in [5.74, 6) is 0. The van der Waals surface area contributed by atoms with E-state index in [-0.39, 0.29) is 0 Å². The molecular formula is C12H28N2S. The molecule has 0 rings (SSSR count). The van der Waals surface area contributed by atoms with Crippen LogP contribution in [0.2, 0.25) is 0 Å². The summed E-state index contributed by atoms with van der Waals surface area (Å²) < 4.78 is 0. The van der Waals surface area contributed by atoms with E-state index in [4.69, 9.17) is 0 Å². The normalized spacial score (nSPS) is 15.2. The fourth-order valence-electron chi connectivity index (χ4n) is 1.37. The SMILES string of the molecule is CCCCNC(C)SC(C)NCCCC. The first kappa shape index (κ1) is 15.3. The number of hydrogen-bond acceptors (Lipinski definition) is 3. The number of hydrogen-bond donors (Lipinski definition) is 2. The topological polar surface area (TPSA) is 24.1 Å². The van der Waals surface area contributed by atoms with Crippen LogP contribution in [0.25, 0.3) is 0 Å².